The molecule has 0 aliphatic carbocycles. The van der Waals surface area contributed by atoms with Gasteiger partial charge in [-0.25, -0.2) is 8.78 Å². The molecule has 1 heterocycles. The van der Waals surface area contributed by atoms with Gasteiger partial charge in [0.25, 0.3) is 0 Å². The summed E-state index contributed by atoms with van der Waals surface area (Å²) < 4.78 is 26.2. The molecule has 1 nitrogen and oxygen atoms in total. The standard InChI is InChI=1S/C12H15F2N/c13-10-4-5-11(12(14)7-10)9-3-1-2-6-15-8-9/h4-5,7,9,15H,1-3,6,8H2. The molecule has 1 saturated heterocycles. The van der Waals surface area contributed by atoms with Crippen LogP contribution in [0.25, 0.3) is 0 Å². The van der Waals surface area contributed by atoms with Crippen molar-refractivity contribution in [2.75, 3.05) is 13.1 Å². The van der Waals surface area contributed by atoms with Gasteiger partial charge in [0, 0.05) is 12.6 Å². The molecule has 0 saturated carbocycles. The maximum atomic E-state index is 13.5. The van der Waals surface area contributed by atoms with E-state index >= 15 is 0 Å². The molecule has 2 rings (SSSR count). The minimum absolute atomic E-state index is 0.188. The first-order chi connectivity index (χ1) is 7.27. The van der Waals surface area contributed by atoms with E-state index in [4.69, 9.17) is 0 Å². The van der Waals surface area contributed by atoms with E-state index in [2.05, 4.69) is 5.32 Å². The normalized spacial score (nSPS) is 22.4. The average Bonchev–Trinajstić information content (AvgIpc) is 2.46. The van der Waals surface area contributed by atoms with E-state index in [1.54, 1.807) is 6.07 Å². The van der Waals surface area contributed by atoms with Gasteiger partial charge in [-0.05, 0) is 36.9 Å². The van der Waals surface area contributed by atoms with Crippen molar-refractivity contribution in [3.63, 3.8) is 0 Å². The summed E-state index contributed by atoms with van der Waals surface area (Å²) in [5.41, 5.74) is 0.644. The lowest BCUT2D eigenvalue weighted by Gasteiger charge is -2.15. The van der Waals surface area contributed by atoms with E-state index in [0.717, 1.165) is 38.4 Å². The van der Waals surface area contributed by atoms with Crippen molar-refractivity contribution in [1.29, 1.82) is 0 Å². The molecular weight excluding hydrogens is 196 g/mol. The van der Waals surface area contributed by atoms with Gasteiger partial charge < -0.3 is 5.32 Å². The molecule has 1 aliphatic rings. The molecular formula is C12H15F2N. The number of hydrogen-bond acceptors (Lipinski definition) is 1. The molecule has 1 aliphatic heterocycles. The van der Waals surface area contributed by atoms with Gasteiger partial charge in [-0.1, -0.05) is 12.5 Å². The van der Waals surface area contributed by atoms with Crippen molar-refractivity contribution in [1.82, 2.24) is 5.32 Å². The summed E-state index contributed by atoms with van der Waals surface area (Å²) in [7, 11) is 0. The zero-order chi connectivity index (χ0) is 10.7. The van der Waals surface area contributed by atoms with Gasteiger partial charge in [0.1, 0.15) is 11.6 Å². The quantitative estimate of drug-likeness (QED) is 0.753. The molecule has 0 radical (unpaired) electrons. The van der Waals surface area contributed by atoms with Crippen molar-refractivity contribution < 1.29 is 8.78 Å². The Labute approximate surface area is 88.5 Å². The van der Waals surface area contributed by atoms with E-state index < -0.39 is 11.6 Å². The molecule has 1 unspecified atom stereocenters. The Kier molecular flexibility index (Phi) is 3.31. The van der Waals surface area contributed by atoms with Crippen molar-refractivity contribution in [3.05, 3.63) is 35.4 Å². The highest BCUT2D eigenvalue weighted by molar-refractivity contribution is 5.23. The van der Waals surface area contributed by atoms with Crippen LogP contribution in [-0.4, -0.2) is 13.1 Å². The van der Waals surface area contributed by atoms with E-state index in [0.29, 0.717) is 5.56 Å². The predicted molar refractivity (Wildman–Crippen MR) is 55.8 cm³/mol. The van der Waals surface area contributed by atoms with Crippen molar-refractivity contribution in [3.8, 4) is 0 Å². The molecule has 1 aromatic carbocycles. The van der Waals surface area contributed by atoms with Crippen molar-refractivity contribution in [2.24, 2.45) is 0 Å². The van der Waals surface area contributed by atoms with Crippen LogP contribution in [0.5, 0.6) is 0 Å². The Balaban J connectivity index is 2.19. The Morgan fingerprint density at radius 2 is 2.07 bits per heavy atom. The number of nitrogens with one attached hydrogen (secondary N) is 1. The molecule has 0 bridgehead atoms. The van der Waals surface area contributed by atoms with Crippen molar-refractivity contribution in [2.45, 2.75) is 25.2 Å². The van der Waals surface area contributed by atoms with Gasteiger partial charge in [0.2, 0.25) is 0 Å². The van der Waals surface area contributed by atoms with E-state index in [1.807, 2.05) is 0 Å². The van der Waals surface area contributed by atoms with E-state index in [1.165, 1.54) is 6.07 Å². The summed E-state index contributed by atoms with van der Waals surface area (Å²) in [6.07, 6.45) is 3.23. The largest absolute Gasteiger partial charge is 0.316 e. The Morgan fingerprint density at radius 3 is 2.87 bits per heavy atom. The number of halogens is 2. The van der Waals surface area contributed by atoms with E-state index in [9.17, 15) is 8.78 Å². The zero-order valence-corrected chi connectivity index (χ0v) is 8.60. The van der Waals surface area contributed by atoms with Crippen LogP contribution in [0, 0.1) is 11.6 Å². The van der Waals surface area contributed by atoms with Crippen LogP contribution in [0.3, 0.4) is 0 Å². The molecule has 0 spiro atoms. The van der Waals surface area contributed by atoms with Gasteiger partial charge in [-0.2, -0.15) is 0 Å². The Hall–Kier alpha value is -0.960. The fourth-order valence-electron chi connectivity index (χ4n) is 2.12. The highest BCUT2D eigenvalue weighted by atomic mass is 19.1. The molecule has 1 fully saturated rings. The lowest BCUT2D eigenvalue weighted by Crippen LogP contribution is -2.20. The smallest absolute Gasteiger partial charge is 0.129 e. The monoisotopic (exact) mass is 211 g/mol. The highest BCUT2D eigenvalue weighted by Gasteiger charge is 2.17. The molecule has 1 aromatic rings. The lowest BCUT2D eigenvalue weighted by molar-refractivity contribution is 0.533. The molecule has 1 N–H and O–H groups in total. The highest BCUT2D eigenvalue weighted by Crippen LogP contribution is 2.25. The first kappa shape index (κ1) is 10.6. The molecule has 0 aromatic heterocycles. The lowest BCUT2D eigenvalue weighted by atomic mass is 9.94. The fourth-order valence-corrected chi connectivity index (χ4v) is 2.12. The third kappa shape index (κ3) is 2.53. The molecule has 0 amide bonds. The Bertz CT molecular complexity index is 330. The molecule has 82 valence electrons. The summed E-state index contributed by atoms with van der Waals surface area (Å²) in [4.78, 5) is 0. The van der Waals surface area contributed by atoms with Crippen LogP contribution in [0.15, 0.2) is 18.2 Å². The molecule has 1 atom stereocenters. The van der Waals surface area contributed by atoms with E-state index in [-0.39, 0.29) is 5.92 Å². The summed E-state index contributed by atoms with van der Waals surface area (Å²) >= 11 is 0. The topological polar surface area (TPSA) is 12.0 Å². The molecule has 3 heteroatoms. The summed E-state index contributed by atoms with van der Waals surface area (Å²) in [6, 6.07) is 3.88. The SMILES string of the molecule is Fc1ccc(C2CCCCNC2)c(F)c1. The van der Waals surface area contributed by atoms with Crippen LogP contribution in [-0.2, 0) is 0 Å². The van der Waals surface area contributed by atoms with Gasteiger partial charge in [0.15, 0.2) is 0 Å². The Morgan fingerprint density at radius 1 is 1.20 bits per heavy atom. The summed E-state index contributed by atoms with van der Waals surface area (Å²) in [6.45, 7) is 1.79. The van der Waals surface area contributed by atoms with Crippen LogP contribution >= 0.6 is 0 Å². The second kappa shape index (κ2) is 4.71. The second-order valence-electron chi connectivity index (χ2n) is 4.06. The van der Waals surface area contributed by atoms with Crippen LogP contribution in [0.4, 0.5) is 8.78 Å². The third-order valence-corrected chi connectivity index (χ3v) is 2.95. The minimum atomic E-state index is -0.502. The second-order valence-corrected chi connectivity index (χ2v) is 4.06. The number of hydrogen-bond donors (Lipinski definition) is 1. The predicted octanol–water partition coefficient (Wildman–Crippen LogP) is 2.82. The summed E-state index contributed by atoms with van der Waals surface area (Å²) in [5.74, 6) is -0.727. The van der Waals surface area contributed by atoms with Gasteiger partial charge in [0.05, 0.1) is 0 Å². The van der Waals surface area contributed by atoms with Crippen molar-refractivity contribution >= 4 is 0 Å². The van der Waals surface area contributed by atoms with Crippen LogP contribution < -0.4 is 5.32 Å². The van der Waals surface area contributed by atoms with Gasteiger partial charge >= 0.3 is 0 Å². The van der Waals surface area contributed by atoms with Gasteiger partial charge in [-0.3, -0.25) is 0 Å². The van der Waals surface area contributed by atoms with Crippen LogP contribution in [0.1, 0.15) is 30.7 Å². The summed E-state index contributed by atoms with van der Waals surface area (Å²) in [5, 5.41) is 3.28. The van der Waals surface area contributed by atoms with Crippen LogP contribution in [0.2, 0.25) is 0 Å². The third-order valence-electron chi connectivity index (χ3n) is 2.95. The molecule has 15 heavy (non-hydrogen) atoms. The van der Waals surface area contributed by atoms with Gasteiger partial charge in [-0.15, -0.1) is 0 Å². The first-order valence-electron chi connectivity index (χ1n) is 5.43. The maximum absolute atomic E-state index is 13.5. The minimum Gasteiger partial charge on any atom is -0.316 e. The zero-order valence-electron chi connectivity index (χ0n) is 8.60. The number of rotatable bonds is 1. The number of benzene rings is 1. The fraction of sp³-hybridized carbons (Fsp3) is 0.500. The average molecular weight is 211 g/mol. The maximum Gasteiger partial charge on any atom is 0.129 e. The first-order valence-corrected chi connectivity index (χ1v) is 5.43.